The van der Waals surface area contributed by atoms with Gasteiger partial charge in [-0.25, -0.2) is 8.78 Å². The van der Waals surface area contributed by atoms with Crippen molar-refractivity contribution in [2.24, 2.45) is 0 Å². The van der Waals surface area contributed by atoms with Crippen molar-refractivity contribution >= 4 is 11.8 Å². The number of benzene rings is 1. The zero-order chi connectivity index (χ0) is 21.3. The van der Waals surface area contributed by atoms with Crippen molar-refractivity contribution in [3.8, 4) is 11.4 Å². The Hall–Kier alpha value is -3.56. The van der Waals surface area contributed by atoms with Crippen molar-refractivity contribution in [1.29, 1.82) is 0 Å². The molecule has 1 aromatic carbocycles. The molecule has 1 aliphatic heterocycles. The predicted molar refractivity (Wildman–Crippen MR) is 99.0 cm³/mol. The second-order valence-electron chi connectivity index (χ2n) is 6.94. The molecule has 2 amide bonds. The summed E-state index contributed by atoms with van der Waals surface area (Å²) in [4.78, 5) is 30.8. The molecule has 4 rings (SSSR count). The molecule has 0 radical (unpaired) electrons. The van der Waals surface area contributed by atoms with E-state index >= 15 is 0 Å². The highest BCUT2D eigenvalue weighted by Crippen LogP contribution is 2.33. The lowest BCUT2D eigenvalue weighted by Gasteiger charge is -2.25. The van der Waals surface area contributed by atoms with Crippen LogP contribution in [0.15, 0.2) is 45.5 Å². The molecule has 1 fully saturated rings. The number of aromatic nitrogens is 2. The first-order valence-electron chi connectivity index (χ1n) is 9.38. The number of hydrogen-bond acceptors (Lipinski definition) is 6. The fourth-order valence-corrected chi connectivity index (χ4v) is 3.42. The van der Waals surface area contributed by atoms with E-state index in [1.54, 1.807) is 17.9 Å². The molecule has 1 N–H and O–H groups in total. The predicted octanol–water partition coefficient (Wildman–Crippen LogP) is 3.09. The Labute approximate surface area is 169 Å². The van der Waals surface area contributed by atoms with Gasteiger partial charge in [-0.05, 0) is 44.0 Å². The van der Waals surface area contributed by atoms with E-state index < -0.39 is 29.6 Å². The van der Waals surface area contributed by atoms with Crippen molar-refractivity contribution in [1.82, 2.24) is 20.4 Å². The second kappa shape index (κ2) is 8.05. The molecule has 3 aromatic rings. The van der Waals surface area contributed by atoms with Gasteiger partial charge in [0.1, 0.15) is 23.7 Å². The van der Waals surface area contributed by atoms with Crippen LogP contribution in [0, 0.1) is 11.6 Å². The van der Waals surface area contributed by atoms with E-state index in [-0.39, 0.29) is 28.9 Å². The van der Waals surface area contributed by atoms with Crippen molar-refractivity contribution in [2.75, 3.05) is 6.54 Å². The summed E-state index contributed by atoms with van der Waals surface area (Å²) in [6.07, 6.45) is 2.66. The molecule has 10 heteroatoms. The highest BCUT2D eigenvalue weighted by atomic mass is 19.1. The van der Waals surface area contributed by atoms with Gasteiger partial charge in [-0.1, -0.05) is 5.16 Å². The van der Waals surface area contributed by atoms with Gasteiger partial charge >= 0.3 is 0 Å². The summed E-state index contributed by atoms with van der Waals surface area (Å²) in [5.41, 5.74) is 0.00125. The van der Waals surface area contributed by atoms with Crippen molar-refractivity contribution in [3.63, 3.8) is 0 Å². The molecular formula is C20H18F2N4O4. The Morgan fingerprint density at radius 1 is 1.30 bits per heavy atom. The summed E-state index contributed by atoms with van der Waals surface area (Å²) in [5, 5.41) is 6.37. The molecular weight excluding hydrogens is 398 g/mol. The Morgan fingerprint density at radius 3 is 2.87 bits per heavy atom. The summed E-state index contributed by atoms with van der Waals surface area (Å²) >= 11 is 0. The van der Waals surface area contributed by atoms with Crippen LogP contribution in [0.5, 0.6) is 0 Å². The van der Waals surface area contributed by atoms with Crippen molar-refractivity contribution in [2.45, 2.75) is 31.8 Å². The van der Waals surface area contributed by atoms with Crippen LogP contribution < -0.4 is 5.32 Å². The van der Waals surface area contributed by atoms with Gasteiger partial charge < -0.3 is 19.2 Å². The van der Waals surface area contributed by atoms with Crippen LogP contribution in [0.25, 0.3) is 11.4 Å². The molecule has 8 nitrogen and oxygen atoms in total. The third-order valence-corrected chi connectivity index (χ3v) is 4.90. The topological polar surface area (TPSA) is 101 Å². The molecule has 2 aromatic heterocycles. The third-order valence-electron chi connectivity index (χ3n) is 4.90. The first-order valence-corrected chi connectivity index (χ1v) is 9.38. The smallest absolute Gasteiger partial charge is 0.287 e. The van der Waals surface area contributed by atoms with E-state index in [0.29, 0.717) is 19.4 Å². The Morgan fingerprint density at radius 2 is 2.13 bits per heavy atom. The van der Waals surface area contributed by atoms with E-state index in [4.69, 9.17) is 8.94 Å². The highest BCUT2D eigenvalue weighted by Gasteiger charge is 2.36. The second-order valence-corrected chi connectivity index (χ2v) is 6.94. The minimum atomic E-state index is -0.809. The van der Waals surface area contributed by atoms with Crippen LogP contribution in [0.3, 0.4) is 0 Å². The van der Waals surface area contributed by atoms with Gasteiger partial charge in [0, 0.05) is 12.6 Å². The number of furan rings is 1. The first-order chi connectivity index (χ1) is 14.4. The molecule has 0 aliphatic carbocycles. The summed E-state index contributed by atoms with van der Waals surface area (Å²) < 4.78 is 37.4. The van der Waals surface area contributed by atoms with Gasteiger partial charge in [-0.3, -0.25) is 9.59 Å². The molecule has 0 spiro atoms. The lowest BCUT2D eigenvalue weighted by molar-refractivity contribution is -0.134. The van der Waals surface area contributed by atoms with Gasteiger partial charge in [-0.15, -0.1) is 0 Å². The maximum atomic E-state index is 14.0. The van der Waals surface area contributed by atoms with Crippen LogP contribution >= 0.6 is 0 Å². The van der Waals surface area contributed by atoms with Gasteiger partial charge in [0.25, 0.3) is 5.91 Å². The molecule has 0 unspecified atom stereocenters. The number of carbonyl (C=O) groups excluding carboxylic acids is 2. The van der Waals surface area contributed by atoms with Crippen molar-refractivity contribution in [3.05, 3.63) is 59.9 Å². The van der Waals surface area contributed by atoms with Crippen LogP contribution in [0.2, 0.25) is 0 Å². The molecule has 1 saturated heterocycles. The normalized spacial score (nSPS) is 17.2. The number of halogens is 2. The Bertz CT molecular complexity index is 1070. The molecule has 30 heavy (non-hydrogen) atoms. The Balaban J connectivity index is 1.49. The van der Waals surface area contributed by atoms with Crippen molar-refractivity contribution < 1.29 is 27.3 Å². The maximum Gasteiger partial charge on any atom is 0.287 e. The van der Waals surface area contributed by atoms with Crippen LogP contribution in [0.1, 0.15) is 42.3 Å². The number of amides is 2. The van der Waals surface area contributed by atoms with Crippen LogP contribution in [-0.4, -0.2) is 39.4 Å². The third kappa shape index (κ3) is 3.80. The SMILES string of the molecule is C[C@@H](NC(=O)c1ccco1)C(=O)N1CCC[C@H]1c1nc(-c2ccc(F)cc2F)no1. The fraction of sp³-hybridized carbons (Fsp3) is 0.300. The van der Waals surface area contributed by atoms with Gasteiger partial charge in [0.2, 0.25) is 17.6 Å². The van der Waals surface area contributed by atoms with E-state index in [2.05, 4.69) is 15.5 Å². The lowest BCUT2D eigenvalue weighted by atomic mass is 10.2. The fourth-order valence-electron chi connectivity index (χ4n) is 3.42. The minimum absolute atomic E-state index is 0.00125. The lowest BCUT2D eigenvalue weighted by Crippen LogP contribution is -2.46. The van der Waals surface area contributed by atoms with Gasteiger partial charge in [-0.2, -0.15) is 4.98 Å². The van der Waals surface area contributed by atoms with Gasteiger partial charge in [0.05, 0.1) is 11.8 Å². The Kier molecular flexibility index (Phi) is 5.30. The first kappa shape index (κ1) is 19.7. The quantitative estimate of drug-likeness (QED) is 0.686. The molecule has 2 atom stereocenters. The van der Waals surface area contributed by atoms with Crippen LogP contribution in [-0.2, 0) is 4.79 Å². The zero-order valence-corrected chi connectivity index (χ0v) is 16.0. The number of nitrogens with one attached hydrogen (secondary N) is 1. The molecule has 156 valence electrons. The number of rotatable bonds is 5. The molecule has 0 saturated carbocycles. The zero-order valence-electron chi connectivity index (χ0n) is 16.0. The van der Waals surface area contributed by atoms with E-state index in [0.717, 1.165) is 12.1 Å². The average Bonchev–Trinajstić information content (AvgIpc) is 3.47. The number of likely N-dealkylation sites (tertiary alicyclic amines) is 1. The molecule has 0 bridgehead atoms. The maximum absolute atomic E-state index is 14.0. The van der Waals surface area contributed by atoms with E-state index in [9.17, 15) is 18.4 Å². The van der Waals surface area contributed by atoms with E-state index in [1.165, 1.54) is 18.4 Å². The summed E-state index contributed by atoms with van der Waals surface area (Å²) in [7, 11) is 0. The average molecular weight is 416 g/mol. The summed E-state index contributed by atoms with van der Waals surface area (Å²) in [6.45, 7) is 2.03. The number of carbonyl (C=O) groups is 2. The monoisotopic (exact) mass is 416 g/mol. The summed E-state index contributed by atoms with van der Waals surface area (Å²) in [5.74, 6) is -2.09. The summed E-state index contributed by atoms with van der Waals surface area (Å²) in [6, 6.07) is 4.84. The van der Waals surface area contributed by atoms with Gasteiger partial charge in [0.15, 0.2) is 5.76 Å². The van der Waals surface area contributed by atoms with E-state index in [1.807, 2.05) is 0 Å². The largest absolute Gasteiger partial charge is 0.459 e. The molecule has 3 heterocycles. The minimum Gasteiger partial charge on any atom is -0.459 e. The standard InChI is InChI=1S/C20H18F2N4O4/c1-11(23-18(27)16-5-3-9-29-16)20(28)26-8-2-4-15(26)19-24-17(25-30-19)13-7-6-12(21)10-14(13)22/h3,5-7,9-11,15H,2,4,8H2,1H3,(H,23,27)/t11-,15+/m1/s1. The highest BCUT2D eigenvalue weighted by molar-refractivity contribution is 5.95. The molecule has 1 aliphatic rings. The number of hydrogen-bond donors (Lipinski definition) is 1. The van der Waals surface area contributed by atoms with Crippen LogP contribution in [0.4, 0.5) is 8.78 Å². The number of nitrogens with zero attached hydrogens (tertiary/aromatic N) is 3.